The van der Waals surface area contributed by atoms with Crippen molar-refractivity contribution in [2.45, 2.75) is 19.3 Å². The van der Waals surface area contributed by atoms with Crippen LogP contribution in [0.1, 0.15) is 19.3 Å². The molecule has 1 unspecified atom stereocenters. The van der Waals surface area contributed by atoms with Gasteiger partial charge < -0.3 is 4.55 Å². The second-order valence-corrected chi connectivity index (χ2v) is 3.45. The molecule has 0 aromatic rings. The minimum absolute atomic E-state index is 0.680. The van der Waals surface area contributed by atoms with Gasteiger partial charge in [-0.3, -0.25) is 0 Å². The van der Waals surface area contributed by atoms with Crippen LogP contribution in [0.2, 0.25) is 0 Å². The van der Waals surface area contributed by atoms with E-state index >= 15 is 0 Å². The molecule has 0 fully saturated rings. The molecule has 0 amide bonds. The highest BCUT2D eigenvalue weighted by atomic mass is 32.2. The first kappa shape index (κ1) is 6.17. The third-order valence-corrected chi connectivity index (χ3v) is 2.48. The molecule has 46 valence electrons. The molecule has 0 saturated heterocycles. The molecule has 1 rings (SSSR count). The van der Waals surface area contributed by atoms with Crippen molar-refractivity contribution in [1.29, 1.82) is 0 Å². The fourth-order valence-electron chi connectivity index (χ4n) is 0.902. The van der Waals surface area contributed by atoms with Gasteiger partial charge in [-0.05, 0) is 30.1 Å². The SMILES string of the molecule is C[S+]([O-])C1=CCCC1. The van der Waals surface area contributed by atoms with E-state index in [1.54, 1.807) is 6.26 Å². The highest BCUT2D eigenvalue weighted by Crippen LogP contribution is 2.21. The molecule has 0 aromatic heterocycles. The van der Waals surface area contributed by atoms with E-state index in [4.69, 9.17) is 0 Å². The fourth-order valence-corrected chi connectivity index (χ4v) is 1.69. The maximum absolute atomic E-state index is 10.7. The molecule has 1 atom stereocenters. The average Bonchev–Trinajstić information content (AvgIpc) is 2.12. The Kier molecular flexibility index (Phi) is 1.97. The summed E-state index contributed by atoms with van der Waals surface area (Å²) in [6, 6.07) is 0. The summed E-state index contributed by atoms with van der Waals surface area (Å²) in [5.41, 5.74) is 0. The first-order valence-electron chi connectivity index (χ1n) is 2.83. The Bertz CT molecular complexity index is 107. The van der Waals surface area contributed by atoms with E-state index in [0.717, 1.165) is 17.7 Å². The summed E-state index contributed by atoms with van der Waals surface area (Å²) in [6.45, 7) is 0. The maximum Gasteiger partial charge on any atom is 0.125 e. The lowest BCUT2D eigenvalue weighted by Gasteiger charge is -2.02. The summed E-state index contributed by atoms with van der Waals surface area (Å²) < 4.78 is 10.7. The van der Waals surface area contributed by atoms with E-state index in [1.165, 1.54) is 6.42 Å². The monoisotopic (exact) mass is 130 g/mol. The van der Waals surface area contributed by atoms with Gasteiger partial charge in [0.2, 0.25) is 0 Å². The normalized spacial score (nSPS) is 23.0. The van der Waals surface area contributed by atoms with Crippen LogP contribution in [-0.2, 0) is 11.2 Å². The van der Waals surface area contributed by atoms with Gasteiger partial charge in [-0.1, -0.05) is 0 Å². The molecule has 0 radical (unpaired) electrons. The highest BCUT2D eigenvalue weighted by molar-refractivity contribution is 7.94. The largest absolute Gasteiger partial charge is 0.612 e. The summed E-state index contributed by atoms with van der Waals surface area (Å²) in [5, 5.41) is 0. The van der Waals surface area contributed by atoms with Crippen molar-refractivity contribution in [2.75, 3.05) is 6.26 Å². The van der Waals surface area contributed by atoms with Crippen LogP contribution in [0.3, 0.4) is 0 Å². The Morgan fingerprint density at radius 2 is 2.50 bits per heavy atom. The summed E-state index contributed by atoms with van der Waals surface area (Å²) in [5.74, 6) is 0. The lowest BCUT2D eigenvalue weighted by atomic mass is 10.4. The maximum atomic E-state index is 10.7. The highest BCUT2D eigenvalue weighted by Gasteiger charge is 2.11. The third-order valence-electron chi connectivity index (χ3n) is 1.37. The molecule has 0 aromatic carbocycles. The average molecular weight is 130 g/mol. The molecule has 0 spiro atoms. The Labute approximate surface area is 53.0 Å². The van der Waals surface area contributed by atoms with Crippen molar-refractivity contribution in [2.24, 2.45) is 0 Å². The first-order chi connectivity index (χ1) is 3.80. The van der Waals surface area contributed by atoms with Crippen molar-refractivity contribution in [3.8, 4) is 0 Å². The topological polar surface area (TPSA) is 23.1 Å². The van der Waals surface area contributed by atoms with Crippen LogP contribution in [-0.4, -0.2) is 10.8 Å². The van der Waals surface area contributed by atoms with E-state index in [9.17, 15) is 4.55 Å². The summed E-state index contributed by atoms with van der Waals surface area (Å²) in [4.78, 5) is 1.14. The van der Waals surface area contributed by atoms with E-state index in [2.05, 4.69) is 6.08 Å². The van der Waals surface area contributed by atoms with Gasteiger partial charge in [-0.25, -0.2) is 0 Å². The van der Waals surface area contributed by atoms with Crippen molar-refractivity contribution in [1.82, 2.24) is 0 Å². The predicted octanol–water partition coefficient (Wildman–Crippen LogP) is 1.43. The van der Waals surface area contributed by atoms with Crippen LogP contribution in [0.25, 0.3) is 0 Å². The van der Waals surface area contributed by atoms with E-state index in [-0.39, 0.29) is 0 Å². The fraction of sp³-hybridized carbons (Fsp3) is 0.667. The standard InChI is InChI=1S/C6H10OS/c1-8(7)6-4-2-3-5-6/h4H,2-3,5H2,1H3. The van der Waals surface area contributed by atoms with Gasteiger partial charge in [0.1, 0.15) is 11.2 Å². The molecule has 1 aliphatic carbocycles. The van der Waals surface area contributed by atoms with Crippen LogP contribution in [0.15, 0.2) is 11.0 Å². The van der Waals surface area contributed by atoms with Crippen LogP contribution in [0.5, 0.6) is 0 Å². The van der Waals surface area contributed by atoms with Crippen molar-refractivity contribution >= 4 is 11.2 Å². The Hall–Kier alpha value is 0.0500. The van der Waals surface area contributed by atoms with Gasteiger partial charge in [0.25, 0.3) is 0 Å². The Morgan fingerprint density at radius 1 is 1.75 bits per heavy atom. The van der Waals surface area contributed by atoms with Gasteiger partial charge in [0, 0.05) is 6.42 Å². The first-order valence-corrected chi connectivity index (χ1v) is 4.39. The minimum atomic E-state index is -0.680. The van der Waals surface area contributed by atoms with Gasteiger partial charge >= 0.3 is 0 Å². The second kappa shape index (κ2) is 2.55. The zero-order chi connectivity index (χ0) is 5.98. The zero-order valence-corrected chi connectivity index (χ0v) is 5.83. The lowest BCUT2D eigenvalue weighted by Crippen LogP contribution is -1.97. The van der Waals surface area contributed by atoms with E-state index in [1.807, 2.05) is 0 Å². The van der Waals surface area contributed by atoms with Crippen molar-refractivity contribution in [3.05, 3.63) is 11.0 Å². The summed E-state index contributed by atoms with van der Waals surface area (Å²) >= 11 is -0.680. The Balaban J connectivity index is 2.45. The quantitative estimate of drug-likeness (QED) is 0.492. The molecular weight excluding hydrogens is 120 g/mol. The second-order valence-electron chi connectivity index (χ2n) is 2.02. The molecule has 0 bridgehead atoms. The van der Waals surface area contributed by atoms with Crippen LogP contribution in [0.4, 0.5) is 0 Å². The lowest BCUT2D eigenvalue weighted by molar-refractivity contribution is 0.605. The smallest absolute Gasteiger partial charge is 0.125 e. The van der Waals surface area contributed by atoms with Crippen molar-refractivity contribution < 1.29 is 4.55 Å². The molecule has 0 heterocycles. The predicted molar refractivity (Wildman–Crippen MR) is 36.0 cm³/mol. The van der Waals surface area contributed by atoms with Gasteiger partial charge in [-0.2, -0.15) is 0 Å². The van der Waals surface area contributed by atoms with Gasteiger partial charge in [-0.15, -0.1) is 0 Å². The molecule has 1 nitrogen and oxygen atoms in total. The van der Waals surface area contributed by atoms with Crippen LogP contribution >= 0.6 is 0 Å². The number of allylic oxidation sites excluding steroid dienone is 2. The van der Waals surface area contributed by atoms with Gasteiger partial charge in [0.05, 0.1) is 0 Å². The Morgan fingerprint density at radius 3 is 2.75 bits per heavy atom. The number of rotatable bonds is 1. The molecule has 2 heteroatoms. The summed E-state index contributed by atoms with van der Waals surface area (Å²) in [7, 11) is 0. The molecule has 8 heavy (non-hydrogen) atoms. The summed E-state index contributed by atoms with van der Waals surface area (Å²) in [6.07, 6.45) is 7.24. The van der Waals surface area contributed by atoms with Gasteiger partial charge in [0.15, 0.2) is 0 Å². The van der Waals surface area contributed by atoms with E-state index in [0.29, 0.717) is 0 Å². The third kappa shape index (κ3) is 1.26. The molecule has 0 N–H and O–H groups in total. The van der Waals surface area contributed by atoms with Crippen LogP contribution in [0, 0.1) is 0 Å². The number of hydrogen-bond donors (Lipinski definition) is 0. The molecule has 1 aliphatic rings. The van der Waals surface area contributed by atoms with Crippen LogP contribution < -0.4 is 0 Å². The minimum Gasteiger partial charge on any atom is -0.612 e. The zero-order valence-electron chi connectivity index (χ0n) is 5.02. The van der Waals surface area contributed by atoms with E-state index < -0.39 is 11.2 Å². The molecular formula is C6H10OS. The molecule has 0 saturated carbocycles. The number of hydrogen-bond acceptors (Lipinski definition) is 1. The molecule has 0 aliphatic heterocycles. The van der Waals surface area contributed by atoms with Crippen molar-refractivity contribution in [3.63, 3.8) is 0 Å².